The average Bonchev–Trinajstić information content (AvgIpc) is 3.37. The Balaban J connectivity index is 1.57. The first kappa shape index (κ1) is 20.5. The van der Waals surface area contributed by atoms with E-state index in [1.807, 2.05) is 22.6 Å². The molecule has 10 heteroatoms. The smallest absolute Gasteiger partial charge is 0.446 e. The summed E-state index contributed by atoms with van der Waals surface area (Å²) in [6.07, 6.45) is -0.790. The number of carbonyl (C=O) groups excluding carboxylic acids is 1. The quantitative estimate of drug-likeness (QED) is 0.688. The third kappa shape index (κ3) is 4.26. The number of hydrogen-bond donors (Lipinski definition) is 1. The zero-order valence-corrected chi connectivity index (χ0v) is 16.5. The van der Waals surface area contributed by atoms with Crippen molar-refractivity contribution in [2.75, 3.05) is 11.4 Å². The van der Waals surface area contributed by atoms with Crippen LogP contribution in [0.25, 0.3) is 0 Å². The number of aromatic nitrogens is 2. The van der Waals surface area contributed by atoms with Gasteiger partial charge < -0.3 is 19.2 Å². The van der Waals surface area contributed by atoms with E-state index in [9.17, 15) is 23.2 Å². The standard InChI is InChI=1S/C21H18F3N5O2/c1-28-12-26-9-16(28)11-29-10-15(7-14-6-13(8-25)2-3-17(14)29)27-20(30)18-4-5-19(31-18)21(22,23)24/h2-6,9,12,15H,7,10-11H2,1H3,(H,27,30). The number of fused-ring (bicyclic) bond motifs is 1. The highest BCUT2D eigenvalue weighted by Gasteiger charge is 2.36. The second-order valence-corrected chi connectivity index (χ2v) is 7.37. The van der Waals surface area contributed by atoms with Gasteiger partial charge >= 0.3 is 6.18 Å². The topological polar surface area (TPSA) is 87.1 Å². The van der Waals surface area contributed by atoms with Crippen molar-refractivity contribution in [1.29, 1.82) is 5.26 Å². The Labute approximate surface area is 175 Å². The van der Waals surface area contributed by atoms with Crippen LogP contribution in [0.3, 0.4) is 0 Å². The number of halogens is 3. The van der Waals surface area contributed by atoms with Crippen molar-refractivity contribution in [2.45, 2.75) is 25.2 Å². The Bertz CT molecular complexity index is 1160. The van der Waals surface area contributed by atoms with Crippen molar-refractivity contribution < 1.29 is 22.4 Å². The number of nitrogens with one attached hydrogen (secondary N) is 1. The van der Waals surface area contributed by atoms with E-state index in [2.05, 4.69) is 20.8 Å². The number of nitriles is 1. The molecule has 0 saturated carbocycles. The van der Waals surface area contributed by atoms with Gasteiger partial charge in [0.15, 0.2) is 5.76 Å². The van der Waals surface area contributed by atoms with E-state index in [1.54, 1.807) is 24.7 Å². The van der Waals surface area contributed by atoms with E-state index in [0.29, 0.717) is 25.1 Å². The van der Waals surface area contributed by atoms with E-state index in [1.165, 1.54) is 0 Å². The molecule has 0 radical (unpaired) electrons. The fraction of sp³-hybridized carbons (Fsp3) is 0.286. The summed E-state index contributed by atoms with van der Waals surface area (Å²) in [4.78, 5) is 18.7. The summed E-state index contributed by atoms with van der Waals surface area (Å²) < 4.78 is 44.8. The van der Waals surface area contributed by atoms with Crippen LogP contribution in [0, 0.1) is 11.3 Å². The zero-order chi connectivity index (χ0) is 22.2. The molecule has 1 aliphatic rings. The van der Waals surface area contributed by atoms with Gasteiger partial charge in [0.05, 0.1) is 36.2 Å². The monoisotopic (exact) mass is 429 g/mol. The van der Waals surface area contributed by atoms with Crippen molar-refractivity contribution in [1.82, 2.24) is 14.9 Å². The molecule has 0 spiro atoms. The van der Waals surface area contributed by atoms with Gasteiger partial charge in [-0.15, -0.1) is 0 Å². The molecule has 7 nitrogen and oxygen atoms in total. The lowest BCUT2D eigenvalue weighted by atomic mass is 9.95. The van der Waals surface area contributed by atoms with E-state index in [0.717, 1.165) is 29.1 Å². The van der Waals surface area contributed by atoms with Gasteiger partial charge in [-0.05, 0) is 42.3 Å². The molecule has 31 heavy (non-hydrogen) atoms. The summed E-state index contributed by atoms with van der Waals surface area (Å²) in [5, 5.41) is 12.0. The normalized spacial score (nSPS) is 16.0. The van der Waals surface area contributed by atoms with Gasteiger partial charge in [-0.3, -0.25) is 4.79 Å². The van der Waals surface area contributed by atoms with Crippen molar-refractivity contribution in [2.24, 2.45) is 7.05 Å². The summed E-state index contributed by atoms with van der Waals surface area (Å²) >= 11 is 0. The maximum atomic E-state index is 12.8. The zero-order valence-electron chi connectivity index (χ0n) is 16.5. The Morgan fingerprint density at radius 1 is 1.35 bits per heavy atom. The van der Waals surface area contributed by atoms with E-state index < -0.39 is 23.6 Å². The first-order chi connectivity index (χ1) is 14.7. The van der Waals surface area contributed by atoms with Crippen LogP contribution in [-0.2, 0) is 26.2 Å². The molecule has 0 fully saturated rings. The summed E-state index contributed by atoms with van der Waals surface area (Å²) in [5.74, 6) is -2.34. The lowest BCUT2D eigenvalue weighted by molar-refractivity contribution is -0.153. The summed E-state index contributed by atoms with van der Waals surface area (Å²) in [6, 6.07) is 8.82. The predicted octanol–water partition coefficient (Wildman–Crippen LogP) is 3.26. The molecule has 2 aromatic heterocycles. The number of aryl methyl sites for hydroxylation is 1. The van der Waals surface area contributed by atoms with E-state index in [4.69, 9.17) is 0 Å². The maximum Gasteiger partial charge on any atom is 0.449 e. The molecule has 1 aliphatic heterocycles. The SMILES string of the molecule is Cn1cncc1CN1CC(NC(=O)c2ccc(C(F)(F)F)o2)Cc2cc(C#N)ccc21. The lowest BCUT2D eigenvalue weighted by Crippen LogP contribution is -2.48. The fourth-order valence-corrected chi connectivity index (χ4v) is 3.67. The van der Waals surface area contributed by atoms with Crippen LogP contribution < -0.4 is 10.2 Å². The number of anilines is 1. The highest BCUT2D eigenvalue weighted by atomic mass is 19.4. The van der Waals surface area contributed by atoms with Crippen LogP contribution in [0.2, 0.25) is 0 Å². The third-order valence-electron chi connectivity index (χ3n) is 5.17. The molecule has 1 atom stereocenters. The van der Waals surface area contributed by atoms with Crippen LogP contribution in [0.4, 0.5) is 18.9 Å². The van der Waals surface area contributed by atoms with Crippen molar-refractivity contribution in [3.63, 3.8) is 0 Å². The van der Waals surface area contributed by atoms with Gasteiger partial charge in [0.25, 0.3) is 5.91 Å². The second-order valence-electron chi connectivity index (χ2n) is 7.37. The molecule has 1 amide bonds. The van der Waals surface area contributed by atoms with Gasteiger partial charge in [-0.1, -0.05) is 0 Å². The maximum absolute atomic E-state index is 12.8. The molecule has 1 N–H and O–H groups in total. The van der Waals surface area contributed by atoms with E-state index in [-0.39, 0.29) is 6.04 Å². The van der Waals surface area contributed by atoms with Crippen LogP contribution in [0.1, 0.15) is 33.1 Å². The molecular weight excluding hydrogens is 411 g/mol. The van der Waals surface area contributed by atoms with Gasteiger partial charge in [0.2, 0.25) is 5.76 Å². The van der Waals surface area contributed by atoms with E-state index >= 15 is 0 Å². The van der Waals surface area contributed by atoms with Crippen molar-refractivity contribution in [3.05, 3.63) is 71.2 Å². The number of furan rings is 1. The third-order valence-corrected chi connectivity index (χ3v) is 5.17. The minimum atomic E-state index is -4.66. The van der Waals surface area contributed by atoms with Gasteiger partial charge in [-0.2, -0.15) is 18.4 Å². The van der Waals surface area contributed by atoms with Gasteiger partial charge in [0, 0.05) is 25.5 Å². The number of amides is 1. The highest BCUT2D eigenvalue weighted by Crippen LogP contribution is 2.32. The number of alkyl halides is 3. The minimum Gasteiger partial charge on any atom is -0.446 e. The summed E-state index contributed by atoms with van der Waals surface area (Å²) in [5.41, 5.74) is 3.24. The van der Waals surface area contributed by atoms with Crippen molar-refractivity contribution in [3.8, 4) is 6.07 Å². The highest BCUT2D eigenvalue weighted by molar-refractivity contribution is 5.91. The molecule has 3 aromatic rings. The Morgan fingerprint density at radius 3 is 2.81 bits per heavy atom. The molecule has 0 bridgehead atoms. The largest absolute Gasteiger partial charge is 0.449 e. The number of imidazole rings is 1. The lowest BCUT2D eigenvalue weighted by Gasteiger charge is -2.36. The minimum absolute atomic E-state index is 0.387. The second kappa shape index (κ2) is 7.83. The fourth-order valence-electron chi connectivity index (χ4n) is 3.67. The van der Waals surface area contributed by atoms with Crippen LogP contribution in [0.5, 0.6) is 0 Å². The molecule has 1 aromatic carbocycles. The number of rotatable bonds is 4. The molecule has 160 valence electrons. The van der Waals surface area contributed by atoms with Gasteiger partial charge in [0.1, 0.15) is 0 Å². The first-order valence-electron chi connectivity index (χ1n) is 9.45. The Morgan fingerprint density at radius 2 is 2.16 bits per heavy atom. The number of carbonyl (C=O) groups is 1. The summed E-state index contributed by atoms with van der Waals surface area (Å²) in [7, 11) is 1.88. The average molecular weight is 429 g/mol. The molecule has 0 aliphatic carbocycles. The molecule has 4 rings (SSSR count). The van der Waals surface area contributed by atoms with Crippen molar-refractivity contribution >= 4 is 11.6 Å². The molecular formula is C21H18F3N5O2. The van der Waals surface area contributed by atoms with Crippen LogP contribution in [0.15, 0.2) is 47.3 Å². The first-order valence-corrected chi connectivity index (χ1v) is 9.45. The van der Waals surface area contributed by atoms with Crippen LogP contribution >= 0.6 is 0 Å². The molecule has 3 heterocycles. The number of nitrogens with zero attached hydrogens (tertiary/aromatic N) is 4. The van der Waals surface area contributed by atoms with Crippen LogP contribution in [-0.4, -0.2) is 28.0 Å². The summed E-state index contributed by atoms with van der Waals surface area (Å²) in [6.45, 7) is 0.948. The Kier molecular flexibility index (Phi) is 5.19. The van der Waals surface area contributed by atoms with Gasteiger partial charge in [-0.25, -0.2) is 4.98 Å². The number of benzene rings is 1. The number of hydrogen-bond acceptors (Lipinski definition) is 5. The Hall–Kier alpha value is -3.74. The predicted molar refractivity (Wildman–Crippen MR) is 104 cm³/mol. The molecule has 1 unspecified atom stereocenters. The molecule has 0 saturated heterocycles.